The molecule has 0 aliphatic carbocycles. The van der Waals surface area contributed by atoms with Gasteiger partial charge in [-0.2, -0.15) is 0 Å². The molecule has 0 atom stereocenters. The number of pyridine rings is 1. The van der Waals surface area contributed by atoms with Gasteiger partial charge in [0.1, 0.15) is 0 Å². The van der Waals surface area contributed by atoms with E-state index in [2.05, 4.69) is 17.2 Å². The number of hydrogen-bond donors (Lipinski definition) is 1. The van der Waals surface area contributed by atoms with Crippen LogP contribution in [0.25, 0.3) is 0 Å². The van der Waals surface area contributed by atoms with E-state index in [1.165, 1.54) is 0 Å². The topological polar surface area (TPSA) is 43.4 Å². The highest BCUT2D eigenvalue weighted by atomic mass is 16.5. The second-order valence-electron chi connectivity index (χ2n) is 3.17. The summed E-state index contributed by atoms with van der Waals surface area (Å²) in [5, 5.41) is 3.28. The highest BCUT2D eigenvalue weighted by molar-refractivity contribution is 5.42. The average Bonchev–Trinajstić information content (AvgIpc) is 2.29. The molecule has 0 bridgehead atoms. The van der Waals surface area contributed by atoms with E-state index in [1.54, 1.807) is 26.5 Å². The molecule has 0 radical (unpaired) electrons. The maximum absolute atomic E-state index is 5.27. The van der Waals surface area contributed by atoms with E-state index < -0.39 is 0 Å². The molecule has 0 aromatic carbocycles. The van der Waals surface area contributed by atoms with Crippen LogP contribution in [0.5, 0.6) is 11.5 Å². The fourth-order valence-corrected chi connectivity index (χ4v) is 1.36. The molecule has 0 saturated carbocycles. The Kier molecular flexibility index (Phi) is 4.90. The summed E-state index contributed by atoms with van der Waals surface area (Å²) in [4.78, 5) is 4.26. The van der Waals surface area contributed by atoms with Crippen molar-refractivity contribution in [2.45, 2.75) is 19.9 Å². The third-order valence-electron chi connectivity index (χ3n) is 2.09. The van der Waals surface area contributed by atoms with Crippen LogP contribution in [-0.4, -0.2) is 25.7 Å². The van der Waals surface area contributed by atoms with Gasteiger partial charge in [0.15, 0.2) is 11.5 Å². The normalized spacial score (nSPS) is 10.1. The lowest BCUT2D eigenvalue weighted by Gasteiger charge is -2.11. The molecule has 0 fully saturated rings. The van der Waals surface area contributed by atoms with Crippen molar-refractivity contribution in [2.24, 2.45) is 0 Å². The van der Waals surface area contributed by atoms with Crippen LogP contribution < -0.4 is 14.8 Å². The monoisotopic (exact) mass is 210 g/mol. The van der Waals surface area contributed by atoms with Crippen molar-refractivity contribution in [1.29, 1.82) is 0 Å². The molecule has 84 valence electrons. The van der Waals surface area contributed by atoms with E-state index in [0.717, 1.165) is 24.4 Å². The molecule has 1 rings (SSSR count). The first-order valence-electron chi connectivity index (χ1n) is 5.10. The standard InChI is InChI=1S/C11H18N2O2/c1-4-6-12-8-9-11(15-3)10(14-2)5-7-13-9/h5,7,12H,4,6,8H2,1-3H3. The molecule has 0 unspecified atom stereocenters. The maximum Gasteiger partial charge on any atom is 0.183 e. The predicted octanol–water partition coefficient (Wildman–Crippen LogP) is 1.60. The SMILES string of the molecule is CCCNCc1nccc(OC)c1OC. The summed E-state index contributed by atoms with van der Waals surface area (Å²) in [5.41, 5.74) is 0.880. The van der Waals surface area contributed by atoms with Crippen molar-refractivity contribution >= 4 is 0 Å². The summed E-state index contributed by atoms with van der Waals surface area (Å²) in [6.45, 7) is 3.81. The van der Waals surface area contributed by atoms with Gasteiger partial charge in [0.25, 0.3) is 0 Å². The van der Waals surface area contributed by atoms with Crippen LogP contribution in [0.4, 0.5) is 0 Å². The minimum atomic E-state index is 0.703. The molecule has 0 amide bonds. The first kappa shape index (κ1) is 11.8. The van der Waals surface area contributed by atoms with E-state index in [0.29, 0.717) is 12.3 Å². The van der Waals surface area contributed by atoms with Gasteiger partial charge in [-0.1, -0.05) is 6.92 Å². The summed E-state index contributed by atoms with van der Waals surface area (Å²) in [6.07, 6.45) is 2.83. The van der Waals surface area contributed by atoms with Crippen molar-refractivity contribution in [3.63, 3.8) is 0 Å². The maximum atomic E-state index is 5.27. The number of aromatic nitrogens is 1. The highest BCUT2D eigenvalue weighted by Crippen LogP contribution is 2.28. The Morgan fingerprint density at radius 3 is 2.73 bits per heavy atom. The number of nitrogens with zero attached hydrogens (tertiary/aromatic N) is 1. The van der Waals surface area contributed by atoms with Crippen molar-refractivity contribution in [3.8, 4) is 11.5 Å². The third kappa shape index (κ3) is 3.09. The minimum absolute atomic E-state index is 0.703. The Labute approximate surface area is 90.6 Å². The molecule has 0 saturated heterocycles. The van der Waals surface area contributed by atoms with Crippen molar-refractivity contribution in [3.05, 3.63) is 18.0 Å². The summed E-state index contributed by atoms with van der Waals surface area (Å²) >= 11 is 0. The first-order valence-corrected chi connectivity index (χ1v) is 5.10. The van der Waals surface area contributed by atoms with E-state index in [9.17, 15) is 0 Å². The van der Waals surface area contributed by atoms with Crippen LogP contribution in [-0.2, 0) is 6.54 Å². The average molecular weight is 210 g/mol. The molecule has 1 N–H and O–H groups in total. The number of hydrogen-bond acceptors (Lipinski definition) is 4. The molecule has 0 aliphatic rings. The molecule has 4 nitrogen and oxygen atoms in total. The zero-order valence-corrected chi connectivity index (χ0v) is 9.54. The largest absolute Gasteiger partial charge is 0.493 e. The Morgan fingerprint density at radius 1 is 1.33 bits per heavy atom. The minimum Gasteiger partial charge on any atom is -0.493 e. The van der Waals surface area contributed by atoms with E-state index in [-0.39, 0.29) is 0 Å². The van der Waals surface area contributed by atoms with Crippen LogP contribution in [0.2, 0.25) is 0 Å². The lowest BCUT2D eigenvalue weighted by molar-refractivity contribution is 0.348. The summed E-state index contributed by atoms with van der Waals surface area (Å²) in [6, 6.07) is 1.79. The second-order valence-corrected chi connectivity index (χ2v) is 3.17. The van der Waals surface area contributed by atoms with Crippen molar-refractivity contribution < 1.29 is 9.47 Å². The molecule has 4 heteroatoms. The van der Waals surface area contributed by atoms with Gasteiger partial charge >= 0.3 is 0 Å². The molecule has 0 aliphatic heterocycles. The third-order valence-corrected chi connectivity index (χ3v) is 2.09. The number of rotatable bonds is 6. The number of nitrogens with one attached hydrogen (secondary N) is 1. The van der Waals surface area contributed by atoms with Crippen LogP contribution in [0, 0.1) is 0 Å². The van der Waals surface area contributed by atoms with Gasteiger partial charge in [-0.3, -0.25) is 4.98 Å². The number of ether oxygens (including phenoxy) is 2. The Morgan fingerprint density at radius 2 is 2.13 bits per heavy atom. The van der Waals surface area contributed by atoms with Crippen LogP contribution in [0.3, 0.4) is 0 Å². The smallest absolute Gasteiger partial charge is 0.183 e. The van der Waals surface area contributed by atoms with Crippen LogP contribution in [0.1, 0.15) is 19.0 Å². The fraction of sp³-hybridized carbons (Fsp3) is 0.545. The fourth-order valence-electron chi connectivity index (χ4n) is 1.36. The summed E-state index contributed by atoms with van der Waals surface area (Å²) in [7, 11) is 3.25. The van der Waals surface area contributed by atoms with Crippen molar-refractivity contribution in [2.75, 3.05) is 20.8 Å². The molecular formula is C11H18N2O2. The molecule has 1 aromatic rings. The lowest BCUT2D eigenvalue weighted by Crippen LogP contribution is -2.15. The van der Waals surface area contributed by atoms with Crippen molar-refractivity contribution in [1.82, 2.24) is 10.3 Å². The number of methoxy groups -OCH3 is 2. The molecule has 1 aromatic heterocycles. The summed E-state index contributed by atoms with van der Waals surface area (Å²) < 4.78 is 10.5. The first-order chi connectivity index (χ1) is 7.33. The van der Waals surface area contributed by atoms with Gasteiger partial charge in [-0.05, 0) is 13.0 Å². The molecule has 15 heavy (non-hydrogen) atoms. The second kappa shape index (κ2) is 6.24. The van der Waals surface area contributed by atoms with Gasteiger partial charge < -0.3 is 14.8 Å². The Bertz CT molecular complexity index is 303. The van der Waals surface area contributed by atoms with Gasteiger partial charge in [0, 0.05) is 18.8 Å². The molecule has 0 spiro atoms. The van der Waals surface area contributed by atoms with Gasteiger partial charge in [0.05, 0.1) is 19.9 Å². The van der Waals surface area contributed by atoms with Crippen LogP contribution in [0.15, 0.2) is 12.3 Å². The van der Waals surface area contributed by atoms with Crippen LogP contribution >= 0.6 is 0 Å². The zero-order valence-electron chi connectivity index (χ0n) is 9.54. The van der Waals surface area contributed by atoms with Gasteiger partial charge in [-0.25, -0.2) is 0 Å². The predicted molar refractivity (Wildman–Crippen MR) is 59.3 cm³/mol. The lowest BCUT2D eigenvalue weighted by atomic mass is 10.3. The molecule has 1 heterocycles. The Hall–Kier alpha value is -1.29. The Balaban J connectivity index is 2.76. The van der Waals surface area contributed by atoms with E-state index >= 15 is 0 Å². The quantitative estimate of drug-likeness (QED) is 0.724. The van der Waals surface area contributed by atoms with E-state index in [1.807, 2.05) is 0 Å². The van der Waals surface area contributed by atoms with E-state index in [4.69, 9.17) is 9.47 Å². The summed E-state index contributed by atoms with van der Waals surface area (Å²) in [5.74, 6) is 1.43. The highest BCUT2D eigenvalue weighted by Gasteiger charge is 2.09. The zero-order chi connectivity index (χ0) is 11.1. The van der Waals surface area contributed by atoms with Gasteiger partial charge in [-0.15, -0.1) is 0 Å². The van der Waals surface area contributed by atoms with Gasteiger partial charge in [0.2, 0.25) is 0 Å². The molecular weight excluding hydrogens is 192 g/mol.